The van der Waals surface area contributed by atoms with Gasteiger partial charge in [0.1, 0.15) is 0 Å². The predicted molar refractivity (Wildman–Crippen MR) is 107 cm³/mol. The molecule has 0 aromatic rings. The Morgan fingerprint density at radius 1 is 0.615 bits per heavy atom. The van der Waals surface area contributed by atoms with Crippen LogP contribution in [0.3, 0.4) is 0 Å². The van der Waals surface area contributed by atoms with Crippen LogP contribution in [0.1, 0.15) is 20.8 Å². The van der Waals surface area contributed by atoms with E-state index in [9.17, 15) is 0 Å². The zero-order valence-corrected chi connectivity index (χ0v) is 18.4. The largest absolute Gasteiger partial charge is 0.515 e. The fourth-order valence-corrected chi connectivity index (χ4v) is 6.43. The number of piperazine rings is 2. The zero-order chi connectivity index (χ0) is 18.8. The summed E-state index contributed by atoms with van der Waals surface area (Å²) in [5.41, 5.74) is 0. The van der Waals surface area contributed by atoms with Gasteiger partial charge in [-0.2, -0.15) is 0 Å². The summed E-state index contributed by atoms with van der Waals surface area (Å²) in [5.74, 6) is 0. The second kappa shape index (κ2) is 11.7. The molecule has 8 heteroatoms. The predicted octanol–water partition coefficient (Wildman–Crippen LogP) is 0.439. The van der Waals surface area contributed by atoms with E-state index >= 15 is 0 Å². The van der Waals surface area contributed by atoms with Gasteiger partial charge in [-0.3, -0.25) is 14.7 Å². The van der Waals surface area contributed by atoms with Crippen LogP contribution in [0.2, 0.25) is 0 Å². The maximum atomic E-state index is 6.00. The molecule has 0 amide bonds. The summed E-state index contributed by atoms with van der Waals surface area (Å²) >= 11 is 0. The molecular formula is C18H40N4O3Si. The third kappa shape index (κ3) is 7.16. The molecule has 0 aliphatic carbocycles. The van der Waals surface area contributed by atoms with Gasteiger partial charge in [0.25, 0.3) is 0 Å². The fraction of sp³-hybridized carbons (Fsp3) is 1.00. The average molecular weight is 389 g/mol. The molecule has 0 unspecified atom stereocenters. The van der Waals surface area contributed by atoms with Crippen LogP contribution in [0.4, 0.5) is 0 Å². The molecule has 2 saturated heterocycles. The van der Waals surface area contributed by atoms with Gasteiger partial charge >= 0.3 is 8.80 Å². The Kier molecular flexibility index (Phi) is 10.0. The first-order valence-electron chi connectivity index (χ1n) is 10.4. The van der Waals surface area contributed by atoms with Gasteiger partial charge < -0.3 is 18.2 Å². The Morgan fingerprint density at radius 3 is 1.42 bits per heavy atom. The lowest BCUT2D eigenvalue weighted by atomic mass is 10.3. The highest BCUT2D eigenvalue weighted by Crippen LogP contribution is 2.14. The van der Waals surface area contributed by atoms with E-state index in [4.69, 9.17) is 13.3 Å². The monoisotopic (exact) mass is 388 g/mol. The third-order valence-electron chi connectivity index (χ3n) is 5.30. The Labute approximate surface area is 161 Å². The molecule has 0 aromatic carbocycles. The summed E-state index contributed by atoms with van der Waals surface area (Å²) in [7, 11) is -0.347. The van der Waals surface area contributed by atoms with Crippen molar-refractivity contribution in [3.8, 4) is 0 Å². The molecule has 2 aliphatic heterocycles. The average Bonchev–Trinajstić information content (AvgIpc) is 2.63. The molecule has 2 rings (SSSR count). The Balaban J connectivity index is 1.72. The Hall–Kier alpha value is -0.0631. The van der Waals surface area contributed by atoms with Gasteiger partial charge in [0.15, 0.2) is 0 Å². The molecule has 2 fully saturated rings. The molecule has 0 atom stereocenters. The summed E-state index contributed by atoms with van der Waals surface area (Å²) in [5, 5.41) is 0. The highest BCUT2D eigenvalue weighted by Gasteiger charge is 2.42. The van der Waals surface area contributed by atoms with Crippen LogP contribution in [0.25, 0.3) is 0 Å². The van der Waals surface area contributed by atoms with E-state index < -0.39 is 8.80 Å². The molecule has 0 N–H and O–H groups in total. The highest BCUT2D eigenvalue weighted by atomic mass is 28.4. The first kappa shape index (κ1) is 22.2. The van der Waals surface area contributed by atoms with Crippen molar-refractivity contribution in [2.75, 3.05) is 98.5 Å². The van der Waals surface area contributed by atoms with E-state index in [1.165, 1.54) is 39.3 Å². The SMILES string of the molecule is CCO[Si](CN1CCN(CCN2CCN(C)CC2)CC1)(OCC)OCC. The number of hydrogen-bond donors (Lipinski definition) is 0. The first-order chi connectivity index (χ1) is 12.6. The summed E-state index contributed by atoms with van der Waals surface area (Å²) in [6.07, 6.45) is 0.814. The molecule has 154 valence electrons. The number of hydrogen-bond acceptors (Lipinski definition) is 7. The molecule has 0 aromatic heterocycles. The zero-order valence-electron chi connectivity index (χ0n) is 17.4. The Bertz CT molecular complexity index is 358. The minimum Gasteiger partial charge on any atom is -0.373 e. The summed E-state index contributed by atoms with van der Waals surface area (Å²) in [6.45, 7) is 19.6. The fourth-order valence-electron chi connectivity index (χ4n) is 3.72. The quantitative estimate of drug-likeness (QED) is 0.476. The van der Waals surface area contributed by atoms with E-state index in [0.717, 1.165) is 32.3 Å². The maximum Gasteiger partial charge on any atom is 0.515 e. The normalized spacial score (nSPS) is 22.2. The molecular weight excluding hydrogens is 348 g/mol. The minimum absolute atomic E-state index is 0.650. The van der Waals surface area contributed by atoms with Gasteiger partial charge in [-0.25, -0.2) is 0 Å². The van der Waals surface area contributed by atoms with Crippen molar-refractivity contribution in [3.05, 3.63) is 0 Å². The van der Waals surface area contributed by atoms with Crippen molar-refractivity contribution >= 4 is 8.80 Å². The topological polar surface area (TPSA) is 40.7 Å². The molecule has 26 heavy (non-hydrogen) atoms. The van der Waals surface area contributed by atoms with Crippen molar-refractivity contribution in [2.45, 2.75) is 20.8 Å². The van der Waals surface area contributed by atoms with E-state index in [2.05, 4.69) is 26.6 Å². The first-order valence-corrected chi connectivity index (χ1v) is 12.3. The van der Waals surface area contributed by atoms with Gasteiger partial charge in [0, 0.05) is 85.3 Å². The van der Waals surface area contributed by atoms with Crippen molar-refractivity contribution in [1.82, 2.24) is 19.6 Å². The van der Waals surface area contributed by atoms with Gasteiger partial charge in [0.05, 0.1) is 6.17 Å². The molecule has 0 spiro atoms. The molecule has 7 nitrogen and oxygen atoms in total. The van der Waals surface area contributed by atoms with E-state index in [-0.39, 0.29) is 0 Å². The second-order valence-corrected chi connectivity index (χ2v) is 9.79. The molecule has 2 aliphatic rings. The van der Waals surface area contributed by atoms with E-state index in [1.54, 1.807) is 0 Å². The van der Waals surface area contributed by atoms with Crippen molar-refractivity contribution in [1.29, 1.82) is 0 Å². The summed E-state index contributed by atoms with van der Waals surface area (Å²) < 4.78 is 18.0. The van der Waals surface area contributed by atoms with Crippen LogP contribution in [0.15, 0.2) is 0 Å². The third-order valence-corrected chi connectivity index (χ3v) is 8.32. The second-order valence-electron chi connectivity index (χ2n) is 7.24. The van der Waals surface area contributed by atoms with Gasteiger partial charge in [-0.1, -0.05) is 0 Å². The molecule has 0 bridgehead atoms. The number of likely N-dealkylation sites (N-methyl/N-ethyl adjacent to an activating group) is 1. The van der Waals surface area contributed by atoms with Crippen molar-refractivity contribution in [3.63, 3.8) is 0 Å². The van der Waals surface area contributed by atoms with Crippen LogP contribution in [-0.2, 0) is 13.3 Å². The van der Waals surface area contributed by atoms with Crippen LogP contribution in [0.5, 0.6) is 0 Å². The van der Waals surface area contributed by atoms with Crippen LogP contribution >= 0.6 is 0 Å². The van der Waals surface area contributed by atoms with Crippen LogP contribution < -0.4 is 0 Å². The molecule has 2 heterocycles. The van der Waals surface area contributed by atoms with Gasteiger partial charge in [-0.15, -0.1) is 0 Å². The van der Waals surface area contributed by atoms with Crippen LogP contribution in [-0.4, -0.2) is 127 Å². The lowest BCUT2D eigenvalue weighted by Crippen LogP contribution is -2.59. The Morgan fingerprint density at radius 2 is 1.00 bits per heavy atom. The lowest BCUT2D eigenvalue weighted by Gasteiger charge is -2.39. The van der Waals surface area contributed by atoms with Crippen LogP contribution in [0, 0.1) is 0 Å². The molecule has 0 radical (unpaired) electrons. The summed E-state index contributed by atoms with van der Waals surface area (Å²) in [6, 6.07) is 0. The van der Waals surface area contributed by atoms with Crippen molar-refractivity contribution < 1.29 is 13.3 Å². The minimum atomic E-state index is -2.56. The van der Waals surface area contributed by atoms with E-state index in [1.807, 2.05) is 20.8 Å². The van der Waals surface area contributed by atoms with Crippen molar-refractivity contribution in [2.24, 2.45) is 0 Å². The lowest BCUT2D eigenvalue weighted by molar-refractivity contribution is 0.0455. The highest BCUT2D eigenvalue weighted by molar-refractivity contribution is 6.60. The number of nitrogens with zero attached hydrogens (tertiary/aromatic N) is 4. The summed E-state index contributed by atoms with van der Waals surface area (Å²) in [4.78, 5) is 10.1. The smallest absolute Gasteiger partial charge is 0.373 e. The molecule has 0 saturated carbocycles. The van der Waals surface area contributed by atoms with Gasteiger partial charge in [-0.05, 0) is 27.8 Å². The maximum absolute atomic E-state index is 6.00. The number of rotatable bonds is 11. The standard InChI is InChI=1S/C18H40N4O3Si/c1-5-23-26(24-6-2,25-7-3)18-22-16-14-21(15-17-22)13-12-20-10-8-19(4)9-11-20/h5-18H2,1-4H3. The van der Waals surface area contributed by atoms with Gasteiger partial charge in [0.2, 0.25) is 0 Å². The van der Waals surface area contributed by atoms with E-state index in [0.29, 0.717) is 19.8 Å².